The first-order chi connectivity index (χ1) is 5.56. The maximum atomic E-state index is 11.5. The molecule has 68 valence electrons. The van der Waals surface area contributed by atoms with Crippen molar-refractivity contribution in [2.45, 2.75) is 30.6 Å². The summed E-state index contributed by atoms with van der Waals surface area (Å²) in [4.78, 5) is 9.70. The van der Waals surface area contributed by atoms with Crippen molar-refractivity contribution in [2.75, 3.05) is 5.75 Å². The molecule has 0 unspecified atom stereocenters. The Morgan fingerprint density at radius 2 is 1.83 bits per heavy atom. The number of rotatable bonds is 0. The van der Waals surface area contributed by atoms with Crippen molar-refractivity contribution in [1.29, 1.82) is 0 Å². The van der Waals surface area contributed by atoms with Gasteiger partial charge in [0.1, 0.15) is 0 Å². The van der Waals surface area contributed by atoms with E-state index in [-0.39, 0.29) is 0 Å². The molecule has 0 atom stereocenters. The highest BCUT2D eigenvalue weighted by Crippen LogP contribution is 2.41. The van der Waals surface area contributed by atoms with E-state index in [1.807, 2.05) is 0 Å². The van der Waals surface area contributed by atoms with Crippen molar-refractivity contribution < 1.29 is 17.9 Å². The zero-order chi connectivity index (χ0) is 8.82. The minimum Gasteiger partial charge on any atom is -0.442 e. The van der Waals surface area contributed by atoms with Crippen LogP contribution in [0.3, 0.4) is 0 Å². The highest BCUT2D eigenvalue weighted by molar-refractivity contribution is 7.93. The Morgan fingerprint density at radius 3 is 2.25 bits per heavy atom. The fraction of sp³-hybridized carbons (Fsp3) is 0.857. The third-order valence-corrected chi connectivity index (χ3v) is 4.78. The van der Waals surface area contributed by atoms with E-state index in [4.69, 9.17) is 4.74 Å². The van der Waals surface area contributed by atoms with Gasteiger partial charge in [-0.15, -0.1) is 0 Å². The van der Waals surface area contributed by atoms with Gasteiger partial charge in [-0.3, -0.25) is 4.79 Å². The summed E-state index contributed by atoms with van der Waals surface area (Å²) < 4.78 is 27.8. The molecule has 1 saturated carbocycles. The second-order valence-electron chi connectivity index (χ2n) is 3.35. The molecule has 0 radical (unpaired) electrons. The van der Waals surface area contributed by atoms with Crippen molar-refractivity contribution in [3.05, 3.63) is 0 Å². The molecule has 0 aromatic carbocycles. The van der Waals surface area contributed by atoms with Gasteiger partial charge in [0.2, 0.25) is 14.8 Å². The van der Waals surface area contributed by atoms with E-state index in [0.717, 1.165) is 12.8 Å². The number of sulfone groups is 1. The van der Waals surface area contributed by atoms with E-state index in [9.17, 15) is 13.2 Å². The van der Waals surface area contributed by atoms with E-state index < -0.39 is 26.5 Å². The smallest absolute Gasteiger partial charge is 0.322 e. The van der Waals surface area contributed by atoms with Gasteiger partial charge in [0.05, 0.1) is 0 Å². The molecule has 1 aliphatic heterocycles. The standard InChI is InChI=1S/C7H10O4S/c8-6-5-12(9,10)7(11-6)3-1-2-4-7/h1-5H2. The number of carbonyl (C=O) groups excluding carboxylic acids is 1. The summed E-state index contributed by atoms with van der Waals surface area (Å²) in [6, 6.07) is 0. The lowest BCUT2D eigenvalue weighted by atomic mass is 10.3. The molecule has 2 fully saturated rings. The van der Waals surface area contributed by atoms with Gasteiger partial charge in [-0.2, -0.15) is 0 Å². The maximum Gasteiger partial charge on any atom is 0.322 e. The van der Waals surface area contributed by atoms with Crippen molar-refractivity contribution >= 4 is 15.8 Å². The summed E-state index contributed by atoms with van der Waals surface area (Å²) in [5.41, 5.74) is 0. The Balaban J connectivity index is 2.43. The van der Waals surface area contributed by atoms with Crippen molar-refractivity contribution in [1.82, 2.24) is 0 Å². The first-order valence-corrected chi connectivity index (χ1v) is 5.65. The molecular formula is C7H10O4S. The van der Waals surface area contributed by atoms with Crippen LogP contribution in [0.5, 0.6) is 0 Å². The predicted octanol–water partition coefficient (Wildman–Crippen LogP) is 0.228. The molecule has 12 heavy (non-hydrogen) atoms. The molecule has 1 spiro atoms. The minimum atomic E-state index is -3.31. The fourth-order valence-electron chi connectivity index (χ4n) is 1.91. The molecule has 0 amide bonds. The van der Waals surface area contributed by atoms with Crippen LogP contribution in [-0.4, -0.2) is 25.1 Å². The third-order valence-electron chi connectivity index (χ3n) is 2.54. The maximum absolute atomic E-state index is 11.5. The summed E-state index contributed by atoms with van der Waals surface area (Å²) >= 11 is 0. The van der Waals surface area contributed by atoms with Gasteiger partial charge in [0.25, 0.3) is 0 Å². The van der Waals surface area contributed by atoms with Gasteiger partial charge < -0.3 is 4.74 Å². The Bertz CT molecular complexity index is 310. The molecule has 0 N–H and O–H groups in total. The predicted molar refractivity (Wildman–Crippen MR) is 41.1 cm³/mol. The molecule has 4 nitrogen and oxygen atoms in total. The van der Waals surface area contributed by atoms with Gasteiger partial charge in [0.15, 0.2) is 5.75 Å². The molecule has 1 aliphatic carbocycles. The van der Waals surface area contributed by atoms with Crippen molar-refractivity contribution in [2.24, 2.45) is 0 Å². The second kappa shape index (κ2) is 2.22. The van der Waals surface area contributed by atoms with Crippen LogP contribution in [0.1, 0.15) is 25.7 Å². The Hall–Kier alpha value is -0.580. The Morgan fingerprint density at radius 1 is 1.25 bits per heavy atom. The van der Waals surface area contributed by atoms with E-state index in [1.165, 1.54) is 0 Å². The van der Waals surface area contributed by atoms with E-state index >= 15 is 0 Å². The molecule has 0 aromatic heterocycles. The summed E-state index contributed by atoms with van der Waals surface area (Å²) in [6.45, 7) is 0. The van der Waals surface area contributed by atoms with Gasteiger partial charge >= 0.3 is 5.97 Å². The average molecular weight is 190 g/mol. The lowest BCUT2D eigenvalue weighted by Gasteiger charge is -2.19. The van der Waals surface area contributed by atoms with E-state index in [1.54, 1.807) is 0 Å². The summed E-state index contributed by atoms with van der Waals surface area (Å²) in [6.07, 6.45) is 2.65. The lowest BCUT2D eigenvalue weighted by molar-refractivity contribution is -0.145. The van der Waals surface area contributed by atoms with E-state index in [2.05, 4.69) is 0 Å². The first kappa shape index (κ1) is 8.04. The molecule has 2 aliphatic rings. The highest BCUT2D eigenvalue weighted by Gasteiger charge is 2.55. The Kier molecular flexibility index (Phi) is 1.49. The minimum absolute atomic E-state index is 0.424. The SMILES string of the molecule is O=C1CS(=O)(=O)C2(CCCC2)O1. The summed E-state index contributed by atoms with van der Waals surface area (Å²) in [5.74, 6) is -1.01. The quantitative estimate of drug-likeness (QED) is 0.513. The van der Waals surface area contributed by atoms with E-state index in [0.29, 0.717) is 12.8 Å². The third kappa shape index (κ3) is 0.888. The molecule has 1 saturated heterocycles. The highest BCUT2D eigenvalue weighted by atomic mass is 32.2. The topological polar surface area (TPSA) is 60.4 Å². The molecular weight excluding hydrogens is 180 g/mol. The average Bonchev–Trinajstić information content (AvgIpc) is 2.42. The van der Waals surface area contributed by atoms with Crippen LogP contribution in [0.4, 0.5) is 0 Å². The fourth-order valence-corrected chi connectivity index (χ4v) is 3.68. The number of ether oxygens (including phenoxy) is 1. The summed E-state index contributed by atoms with van der Waals surface area (Å²) in [5, 5.41) is 0. The first-order valence-electron chi connectivity index (χ1n) is 4.00. The van der Waals surface area contributed by atoms with Crippen LogP contribution in [-0.2, 0) is 19.4 Å². The number of carbonyl (C=O) groups is 1. The lowest BCUT2D eigenvalue weighted by Crippen LogP contribution is -2.32. The number of esters is 1. The van der Waals surface area contributed by atoms with Crippen LogP contribution in [0, 0.1) is 0 Å². The van der Waals surface area contributed by atoms with Gasteiger partial charge in [-0.1, -0.05) is 0 Å². The molecule has 0 aromatic rings. The van der Waals surface area contributed by atoms with Crippen LogP contribution in [0.15, 0.2) is 0 Å². The normalized spacial score (nSPS) is 30.8. The molecule has 0 bridgehead atoms. The van der Waals surface area contributed by atoms with Crippen LogP contribution >= 0.6 is 0 Å². The zero-order valence-electron chi connectivity index (χ0n) is 6.58. The van der Waals surface area contributed by atoms with Crippen LogP contribution in [0.25, 0.3) is 0 Å². The monoisotopic (exact) mass is 190 g/mol. The number of hydrogen-bond donors (Lipinski definition) is 0. The molecule has 2 rings (SSSR count). The molecule has 1 heterocycles. The molecule has 5 heteroatoms. The number of hydrogen-bond acceptors (Lipinski definition) is 4. The van der Waals surface area contributed by atoms with Gasteiger partial charge in [-0.25, -0.2) is 8.42 Å². The zero-order valence-corrected chi connectivity index (χ0v) is 7.39. The van der Waals surface area contributed by atoms with Gasteiger partial charge in [0, 0.05) is 12.8 Å². The Labute approximate surface area is 70.8 Å². The van der Waals surface area contributed by atoms with Gasteiger partial charge in [-0.05, 0) is 12.8 Å². The largest absolute Gasteiger partial charge is 0.442 e. The van der Waals surface area contributed by atoms with Crippen LogP contribution < -0.4 is 0 Å². The van der Waals surface area contributed by atoms with Crippen LogP contribution in [0.2, 0.25) is 0 Å². The van der Waals surface area contributed by atoms with Crippen molar-refractivity contribution in [3.8, 4) is 0 Å². The summed E-state index contributed by atoms with van der Waals surface area (Å²) in [7, 11) is -3.31. The van der Waals surface area contributed by atoms with Crippen molar-refractivity contribution in [3.63, 3.8) is 0 Å². The second-order valence-corrected chi connectivity index (χ2v) is 5.61.